The van der Waals surface area contributed by atoms with E-state index in [0.29, 0.717) is 12.4 Å². The van der Waals surface area contributed by atoms with Crippen LogP contribution in [0.4, 0.5) is 5.82 Å². The Hall–Kier alpha value is -2.86. The summed E-state index contributed by atoms with van der Waals surface area (Å²) in [5.74, 6) is 1.18. The summed E-state index contributed by atoms with van der Waals surface area (Å²) in [6.07, 6.45) is 4.90. The van der Waals surface area contributed by atoms with Crippen LogP contribution in [0.5, 0.6) is 5.75 Å². The molecule has 26 heavy (non-hydrogen) atoms. The number of aromatic nitrogens is 2. The van der Waals surface area contributed by atoms with E-state index in [-0.39, 0.29) is 5.91 Å². The fourth-order valence-corrected chi connectivity index (χ4v) is 2.68. The van der Waals surface area contributed by atoms with Crippen LogP contribution in [0.3, 0.4) is 0 Å². The van der Waals surface area contributed by atoms with Crippen LogP contribution >= 0.6 is 15.9 Å². The van der Waals surface area contributed by atoms with E-state index in [0.717, 1.165) is 21.3 Å². The molecule has 2 aromatic carbocycles. The zero-order valence-electron chi connectivity index (χ0n) is 14.2. The molecule has 0 aliphatic rings. The number of ether oxygens (including phenoxy) is 1. The maximum atomic E-state index is 12.2. The number of hydrogen-bond donors (Lipinski definition) is 1. The molecule has 0 aliphatic carbocycles. The van der Waals surface area contributed by atoms with Crippen LogP contribution in [-0.4, -0.2) is 22.8 Å². The van der Waals surface area contributed by atoms with Gasteiger partial charge in [0.2, 0.25) is 5.91 Å². The van der Waals surface area contributed by atoms with E-state index in [9.17, 15) is 4.79 Å². The third kappa shape index (κ3) is 4.83. The van der Waals surface area contributed by atoms with Gasteiger partial charge in [-0.3, -0.25) is 4.79 Å². The smallest absolute Gasteiger partial charge is 0.249 e. The molecule has 132 valence electrons. The van der Waals surface area contributed by atoms with Gasteiger partial charge in [0, 0.05) is 16.6 Å². The first-order valence-electron chi connectivity index (χ1n) is 8.03. The summed E-state index contributed by atoms with van der Waals surface area (Å²) in [7, 11) is 1.61. The average Bonchev–Trinajstić information content (AvgIpc) is 3.08. The predicted octanol–water partition coefficient (Wildman–Crippen LogP) is 4.35. The molecule has 0 unspecified atom stereocenters. The molecular formula is C20H18BrN3O2. The van der Waals surface area contributed by atoms with Crippen LogP contribution in [0.25, 0.3) is 6.08 Å². The lowest BCUT2D eigenvalue weighted by Gasteiger charge is -2.08. The van der Waals surface area contributed by atoms with E-state index in [4.69, 9.17) is 4.74 Å². The van der Waals surface area contributed by atoms with Gasteiger partial charge in [0.1, 0.15) is 11.6 Å². The van der Waals surface area contributed by atoms with Crippen molar-refractivity contribution in [2.45, 2.75) is 6.54 Å². The minimum absolute atomic E-state index is 0.217. The number of anilines is 1. The van der Waals surface area contributed by atoms with Crippen LogP contribution in [0, 0.1) is 0 Å². The molecule has 0 bridgehead atoms. The molecule has 0 saturated carbocycles. The molecule has 0 aliphatic heterocycles. The summed E-state index contributed by atoms with van der Waals surface area (Å²) in [6.45, 7) is 0.579. The Labute approximate surface area is 160 Å². The summed E-state index contributed by atoms with van der Waals surface area (Å²) in [4.78, 5) is 12.2. The number of carbonyl (C=O) groups excluding carboxylic acids is 1. The second kappa shape index (κ2) is 8.49. The molecule has 0 radical (unpaired) electrons. The van der Waals surface area contributed by atoms with Gasteiger partial charge in [0.05, 0.1) is 19.9 Å². The van der Waals surface area contributed by atoms with Gasteiger partial charge in [-0.2, -0.15) is 5.10 Å². The number of hydrogen-bond acceptors (Lipinski definition) is 3. The highest BCUT2D eigenvalue weighted by atomic mass is 79.9. The molecule has 1 N–H and O–H groups in total. The third-order valence-corrected chi connectivity index (χ3v) is 4.26. The minimum Gasteiger partial charge on any atom is -0.497 e. The first-order valence-corrected chi connectivity index (χ1v) is 8.83. The van der Waals surface area contributed by atoms with Gasteiger partial charge in [-0.15, -0.1) is 0 Å². The van der Waals surface area contributed by atoms with Gasteiger partial charge in [-0.05, 0) is 41.5 Å². The Morgan fingerprint density at radius 2 is 2.04 bits per heavy atom. The molecular weight excluding hydrogens is 394 g/mol. The lowest BCUT2D eigenvalue weighted by Crippen LogP contribution is -2.13. The van der Waals surface area contributed by atoms with E-state index < -0.39 is 0 Å². The lowest BCUT2D eigenvalue weighted by atomic mass is 10.2. The van der Waals surface area contributed by atoms with Crippen molar-refractivity contribution in [1.82, 2.24) is 9.78 Å². The lowest BCUT2D eigenvalue weighted by molar-refractivity contribution is -0.111. The van der Waals surface area contributed by atoms with Crippen LogP contribution in [-0.2, 0) is 11.3 Å². The number of halogens is 1. The number of benzene rings is 2. The molecule has 3 aromatic rings. The van der Waals surface area contributed by atoms with Crippen molar-refractivity contribution in [1.29, 1.82) is 0 Å². The number of nitrogens with one attached hydrogen (secondary N) is 1. The van der Waals surface area contributed by atoms with E-state index in [2.05, 4.69) is 26.3 Å². The Kier molecular flexibility index (Phi) is 5.86. The topological polar surface area (TPSA) is 56.1 Å². The summed E-state index contributed by atoms with van der Waals surface area (Å²) in [6, 6.07) is 17.3. The Morgan fingerprint density at radius 3 is 2.81 bits per heavy atom. The van der Waals surface area contributed by atoms with Gasteiger partial charge in [0.15, 0.2) is 0 Å². The van der Waals surface area contributed by atoms with Gasteiger partial charge < -0.3 is 10.1 Å². The second-order valence-electron chi connectivity index (χ2n) is 5.60. The number of carbonyl (C=O) groups is 1. The van der Waals surface area contributed by atoms with Crippen molar-refractivity contribution in [3.05, 3.63) is 82.5 Å². The van der Waals surface area contributed by atoms with E-state index in [1.807, 2.05) is 48.5 Å². The second-order valence-corrected chi connectivity index (χ2v) is 6.52. The highest BCUT2D eigenvalue weighted by Crippen LogP contribution is 2.15. The zero-order chi connectivity index (χ0) is 18.4. The van der Waals surface area contributed by atoms with Crippen molar-refractivity contribution in [3.63, 3.8) is 0 Å². The summed E-state index contributed by atoms with van der Waals surface area (Å²) < 4.78 is 7.95. The number of methoxy groups -OCH3 is 1. The van der Waals surface area contributed by atoms with Crippen molar-refractivity contribution in [3.8, 4) is 5.75 Å². The molecule has 6 heteroatoms. The molecule has 1 amide bonds. The van der Waals surface area contributed by atoms with Gasteiger partial charge in [-0.1, -0.05) is 40.2 Å². The van der Waals surface area contributed by atoms with Crippen molar-refractivity contribution < 1.29 is 9.53 Å². The van der Waals surface area contributed by atoms with Crippen LogP contribution in [0.15, 0.2) is 71.3 Å². The Balaban J connectivity index is 1.65. The Bertz CT molecular complexity index is 917. The van der Waals surface area contributed by atoms with E-state index in [1.165, 1.54) is 6.08 Å². The average molecular weight is 412 g/mol. The largest absolute Gasteiger partial charge is 0.497 e. The highest BCUT2D eigenvalue weighted by Gasteiger charge is 2.06. The van der Waals surface area contributed by atoms with Crippen molar-refractivity contribution >= 4 is 33.7 Å². The van der Waals surface area contributed by atoms with Crippen molar-refractivity contribution in [2.75, 3.05) is 12.4 Å². The predicted molar refractivity (Wildman–Crippen MR) is 106 cm³/mol. The highest BCUT2D eigenvalue weighted by molar-refractivity contribution is 9.10. The summed E-state index contributed by atoms with van der Waals surface area (Å²) >= 11 is 3.42. The molecule has 0 atom stereocenters. The first-order chi connectivity index (χ1) is 12.6. The molecule has 0 fully saturated rings. The monoisotopic (exact) mass is 411 g/mol. The molecule has 0 spiro atoms. The molecule has 0 saturated heterocycles. The van der Waals surface area contributed by atoms with E-state index in [1.54, 1.807) is 30.1 Å². The zero-order valence-corrected chi connectivity index (χ0v) is 15.8. The SMILES string of the molecule is COc1cccc(/C=C/C(=O)Nc2ccnn2Cc2ccc(Br)cc2)c1. The molecule has 1 aromatic heterocycles. The number of amides is 1. The van der Waals surface area contributed by atoms with Crippen molar-refractivity contribution in [2.24, 2.45) is 0 Å². The minimum atomic E-state index is -0.217. The fraction of sp³-hybridized carbons (Fsp3) is 0.100. The van der Waals surface area contributed by atoms with Gasteiger partial charge >= 0.3 is 0 Å². The molecule has 5 nitrogen and oxygen atoms in total. The third-order valence-electron chi connectivity index (χ3n) is 3.73. The van der Waals surface area contributed by atoms with Gasteiger partial charge in [-0.25, -0.2) is 4.68 Å². The van der Waals surface area contributed by atoms with Crippen LogP contribution < -0.4 is 10.1 Å². The van der Waals surface area contributed by atoms with Crippen LogP contribution in [0.1, 0.15) is 11.1 Å². The maximum Gasteiger partial charge on any atom is 0.249 e. The molecule has 3 rings (SSSR count). The number of rotatable bonds is 6. The summed E-state index contributed by atoms with van der Waals surface area (Å²) in [5, 5.41) is 7.13. The number of nitrogens with zero attached hydrogens (tertiary/aromatic N) is 2. The normalized spacial score (nSPS) is 10.8. The summed E-state index contributed by atoms with van der Waals surface area (Å²) in [5.41, 5.74) is 1.99. The molecule has 1 heterocycles. The fourth-order valence-electron chi connectivity index (χ4n) is 2.41. The standard InChI is InChI=1S/C20H18BrN3O2/c1-26-18-4-2-3-15(13-18)7-10-20(25)23-19-11-12-22-24(19)14-16-5-8-17(21)9-6-16/h2-13H,14H2,1H3,(H,23,25)/b10-7+. The first kappa shape index (κ1) is 17.9. The maximum absolute atomic E-state index is 12.2. The Morgan fingerprint density at radius 1 is 1.23 bits per heavy atom. The van der Waals surface area contributed by atoms with Gasteiger partial charge in [0.25, 0.3) is 0 Å². The van der Waals surface area contributed by atoms with Crippen LogP contribution in [0.2, 0.25) is 0 Å². The quantitative estimate of drug-likeness (QED) is 0.613. The van der Waals surface area contributed by atoms with E-state index >= 15 is 0 Å².